The van der Waals surface area contributed by atoms with Crippen LogP contribution in [0.15, 0.2) is 29.2 Å². The van der Waals surface area contributed by atoms with E-state index in [1.807, 2.05) is 23.6 Å². The average Bonchev–Trinajstić information content (AvgIpc) is 3.49. The fourth-order valence-electron chi connectivity index (χ4n) is 5.54. The van der Waals surface area contributed by atoms with Crippen molar-refractivity contribution in [3.05, 3.63) is 41.3 Å². The molecule has 1 aliphatic carbocycles. The van der Waals surface area contributed by atoms with Gasteiger partial charge in [0.15, 0.2) is 15.5 Å². The number of nitrogens with zero attached hydrogens (tertiary/aromatic N) is 3. The Morgan fingerprint density at radius 1 is 1.03 bits per heavy atom. The van der Waals surface area contributed by atoms with E-state index >= 15 is 0 Å². The Kier molecular flexibility index (Phi) is 6.74. The molecule has 10 heteroatoms. The number of aromatic nitrogens is 3. The molecule has 2 aliphatic heterocycles. The van der Waals surface area contributed by atoms with E-state index in [0.29, 0.717) is 41.4 Å². The van der Waals surface area contributed by atoms with Crippen LogP contribution in [-0.4, -0.2) is 48.2 Å². The van der Waals surface area contributed by atoms with Crippen molar-refractivity contribution in [2.45, 2.75) is 75.5 Å². The molecule has 4 heterocycles. The number of ketones is 1. The van der Waals surface area contributed by atoms with Gasteiger partial charge in [0.25, 0.3) is 0 Å². The van der Waals surface area contributed by atoms with Crippen LogP contribution < -0.4 is 5.32 Å². The van der Waals surface area contributed by atoms with Crippen LogP contribution in [0.5, 0.6) is 0 Å². The smallest absolute Gasteiger partial charge is 0.177 e. The highest BCUT2D eigenvalue weighted by atomic mass is 32.2. The first-order valence-corrected chi connectivity index (χ1v) is 15.4. The van der Waals surface area contributed by atoms with Crippen LogP contribution in [0, 0.1) is 12.8 Å². The van der Waals surface area contributed by atoms with E-state index in [1.54, 1.807) is 12.1 Å². The number of imidazole rings is 1. The SMILES string of the molecule is Cc1nc2c(Nc3ccc([C@@H]4CCCO4)cc3S(C)(=O)=O)cc(CC(=O)C3CC3)nc2n1C1CCCCO1. The molecule has 2 atom stereocenters. The molecule has 9 nitrogen and oxygen atoms in total. The lowest BCUT2D eigenvalue weighted by Gasteiger charge is -2.25. The van der Waals surface area contributed by atoms with Crippen molar-refractivity contribution in [1.29, 1.82) is 0 Å². The molecule has 202 valence electrons. The van der Waals surface area contributed by atoms with Crippen LogP contribution in [0.1, 0.15) is 74.4 Å². The van der Waals surface area contributed by atoms with E-state index in [9.17, 15) is 13.2 Å². The number of aryl methyl sites for hydroxylation is 1. The van der Waals surface area contributed by atoms with Crippen molar-refractivity contribution < 1.29 is 22.7 Å². The molecule has 2 aromatic heterocycles. The van der Waals surface area contributed by atoms with Gasteiger partial charge in [-0.1, -0.05) is 6.07 Å². The van der Waals surface area contributed by atoms with Crippen LogP contribution in [0.2, 0.25) is 0 Å². The van der Waals surface area contributed by atoms with Crippen LogP contribution in [0.3, 0.4) is 0 Å². The zero-order valence-electron chi connectivity index (χ0n) is 21.9. The lowest BCUT2D eigenvalue weighted by atomic mass is 10.1. The number of hydrogen-bond acceptors (Lipinski definition) is 8. The minimum Gasteiger partial charge on any atom is -0.374 e. The number of nitrogens with one attached hydrogen (secondary N) is 1. The molecule has 0 amide bonds. The highest BCUT2D eigenvalue weighted by molar-refractivity contribution is 7.90. The van der Waals surface area contributed by atoms with Gasteiger partial charge >= 0.3 is 0 Å². The third kappa shape index (κ3) is 5.09. The number of pyridine rings is 1. The molecule has 1 unspecified atom stereocenters. The molecular weight excluding hydrogens is 504 g/mol. The lowest BCUT2D eigenvalue weighted by Crippen LogP contribution is -2.19. The Balaban J connectivity index is 1.44. The molecular formula is C28H34N4O5S. The molecule has 1 aromatic carbocycles. The Hall–Kier alpha value is -2.82. The Morgan fingerprint density at radius 3 is 2.53 bits per heavy atom. The van der Waals surface area contributed by atoms with Crippen molar-refractivity contribution in [3.63, 3.8) is 0 Å². The van der Waals surface area contributed by atoms with Gasteiger partial charge in [0.05, 0.1) is 28.1 Å². The number of Topliss-reactive ketones (excluding diaryl/α,β-unsaturated/α-hetero) is 1. The van der Waals surface area contributed by atoms with Gasteiger partial charge in [0.2, 0.25) is 0 Å². The lowest BCUT2D eigenvalue weighted by molar-refractivity contribution is -0.119. The maximum absolute atomic E-state index is 12.9. The summed E-state index contributed by atoms with van der Waals surface area (Å²) in [6.45, 7) is 3.29. The maximum Gasteiger partial charge on any atom is 0.177 e. The van der Waals surface area contributed by atoms with Gasteiger partial charge in [-0.2, -0.15) is 0 Å². The summed E-state index contributed by atoms with van der Waals surface area (Å²) in [6.07, 6.45) is 7.86. The van der Waals surface area contributed by atoms with Gasteiger partial charge in [0.1, 0.15) is 23.4 Å². The molecule has 1 saturated carbocycles. The summed E-state index contributed by atoms with van der Waals surface area (Å²) in [5.41, 5.74) is 3.87. The number of fused-ring (bicyclic) bond motifs is 1. The van der Waals surface area contributed by atoms with E-state index in [1.165, 1.54) is 6.26 Å². The molecule has 1 N–H and O–H groups in total. The Morgan fingerprint density at radius 2 is 1.84 bits per heavy atom. The van der Waals surface area contributed by atoms with E-state index < -0.39 is 9.84 Å². The van der Waals surface area contributed by atoms with Gasteiger partial charge < -0.3 is 14.8 Å². The first kappa shape index (κ1) is 25.5. The maximum atomic E-state index is 12.9. The fourth-order valence-corrected chi connectivity index (χ4v) is 6.41. The molecule has 6 rings (SSSR count). The molecule has 2 saturated heterocycles. The number of benzene rings is 1. The number of ether oxygens (including phenoxy) is 2. The summed E-state index contributed by atoms with van der Waals surface area (Å²) < 4.78 is 39.6. The number of anilines is 2. The summed E-state index contributed by atoms with van der Waals surface area (Å²) in [5, 5.41) is 3.35. The van der Waals surface area contributed by atoms with E-state index in [0.717, 1.165) is 56.3 Å². The molecule has 3 aromatic rings. The predicted molar refractivity (Wildman–Crippen MR) is 143 cm³/mol. The molecule has 0 spiro atoms. The molecule has 0 radical (unpaired) electrons. The summed E-state index contributed by atoms with van der Waals surface area (Å²) in [4.78, 5) is 22.6. The quantitative estimate of drug-likeness (QED) is 0.428. The summed E-state index contributed by atoms with van der Waals surface area (Å²) in [5.74, 6) is 1.09. The van der Waals surface area contributed by atoms with Crippen molar-refractivity contribution in [2.24, 2.45) is 5.92 Å². The first-order valence-electron chi connectivity index (χ1n) is 13.5. The zero-order chi connectivity index (χ0) is 26.4. The second-order valence-electron chi connectivity index (χ2n) is 10.8. The Labute approximate surface area is 222 Å². The number of hydrogen-bond donors (Lipinski definition) is 1. The summed E-state index contributed by atoms with van der Waals surface area (Å²) in [6, 6.07) is 7.26. The molecule has 0 bridgehead atoms. The Bertz CT molecular complexity index is 1480. The van der Waals surface area contributed by atoms with Crippen molar-refractivity contribution >= 4 is 38.2 Å². The average molecular weight is 539 g/mol. The van der Waals surface area contributed by atoms with Crippen LogP contribution in [0.4, 0.5) is 11.4 Å². The van der Waals surface area contributed by atoms with Crippen LogP contribution in [0.25, 0.3) is 11.2 Å². The van der Waals surface area contributed by atoms with Gasteiger partial charge in [0, 0.05) is 31.8 Å². The third-order valence-corrected chi connectivity index (χ3v) is 8.82. The highest BCUT2D eigenvalue weighted by Gasteiger charge is 2.31. The largest absolute Gasteiger partial charge is 0.374 e. The van der Waals surface area contributed by atoms with Gasteiger partial charge in [-0.3, -0.25) is 9.36 Å². The second kappa shape index (κ2) is 10.1. The second-order valence-corrected chi connectivity index (χ2v) is 12.7. The summed E-state index contributed by atoms with van der Waals surface area (Å²) in [7, 11) is -3.54. The first-order chi connectivity index (χ1) is 18.3. The van der Waals surface area contributed by atoms with Crippen LogP contribution >= 0.6 is 0 Å². The number of rotatable bonds is 8. The molecule has 3 aliphatic rings. The minimum absolute atomic E-state index is 0.0916. The van der Waals surface area contributed by atoms with Gasteiger partial charge in [-0.05, 0) is 75.6 Å². The van der Waals surface area contributed by atoms with Crippen molar-refractivity contribution in [2.75, 3.05) is 24.8 Å². The zero-order valence-corrected chi connectivity index (χ0v) is 22.7. The monoisotopic (exact) mass is 538 g/mol. The third-order valence-electron chi connectivity index (χ3n) is 7.69. The van der Waals surface area contributed by atoms with Crippen LogP contribution in [-0.2, 0) is 30.5 Å². The van der Waals surface area contributed by atoms with Crippen molar-refractivity contribution in [3.8, 4) is 0 Å². The summed E-state index contributed by atoms with van der Waals surface area (Å²) >= 11 is 0. The number of sulfone groups is 1. The van der Waals surface area contributed by atoms with Gasteiger partial charge in [-0.25, -0.2) is 18.4 Å². The standard InChI is InChI=1S/C28H34N4O5S/c1-17-29-27-22(31-21-11-10-19(24-6-5-13-36-24)14-25(21)38(2,34)35)15-20(16-23(33)18-8-9-18)30-28(27)32(17)26-7-3-4-12-37-26/h10-11,14-15,18,24,26H,3-9,12-13,16H2,1-2H3,(H,30,31)/t24-,26?/m0/s1. The van der Waals surface area contributed by atoms with E-state index in [2.05, 4.69) is 5.32 Å². The topological polar surface area (TPSA) is 112 Å². The van der Waals surface area contributed by atoms with E-state index in [4.69, 9.17) is 19.4 Å². The van der Waals surface area contributed by atoms with Gasteiger partial charge in [-0.15, -0.1) is 0 Å². The van der Waals surface area contributed by atoms with Crippen molar-refractivity contribution in [1.82, 2.24) is 14.5 Å². The normalized spacial score (nSPS) is 22.2. The number of carbonyl (C=O) groups excluding carboxylic acids is 1. The fraction of sp³-hybridized carbons (Fsp3) is 0.536. The minimum atomic E-state index is -3.54. The molecule has 38 heavy (non-hydrogen) atoms. The number of carbonyl (C=O) groups is 1. The molecule has 3 fully saturated rings. The highest BCUT2D eigenvalue weighted by Crippen LogP contribution is 2.37. The predicted octanol–water partition coefficient (Wildman–Crippen LogP) is 4.96. The van der Waals surface area contributed by atoms with E-state index in [-0.39, 0.29) is 35.3 Å².